The quantitative estimate of drug-likeness (QED) is 0.800. The molecule has 1 N–H and O–H groups in total. The summed E-state index contributed by atoms with van der Waals surface area (Å²) in [5.74, 6) is 0.0413. The fourth-order valence-electron chi connectivity index (χ4n) is 1.36. The Bertz CT molecular complexity index is 579. The Kier molecular flexibility index (Phi) is 4.83. The first-order valence-corrected chi connectivity index (χ1v) is 6.79. The lowest BCUT2D eigenvalue weighted by Crippen LogP contribution is -2.25. The van der Waals surface area contributed by atoms with Crippen LogP contribution < -0.4 is 5.32 Å². The van der Waals surface area contributed by atoms with Gasteiger partial charge in [0.25, 0.3) is 5.91 Å². The fourth-order valence-corrected chi connectivity index (χ4v) is 2.01. The highest BCUT2D eigenvalue weighted by Gasteiger charge is 2.12. The smallest absolute Gasteiger partial charge is 0.306 e. The van der Waals surface area contributed by atoms with Crippen LogP contribution in [-0.2, 0) is 20.7 Å². The molecule has 1 amide bonds. The molecule has 2 aromatic heterocycles. The summed E-state index contributed by atoms with van der Waals surface area (Å²) in [5.41, 5.74) is 0. The van der Waals surface area contributed by atoms with Gasteiger partial charge in [-0.05, 0) is 11.4 Å². The molecule has 106 valence electrons. The second-order valence-electron chi connectivity index (χ2n) is 3.82. The molecule has 0 unspecified atom stereocenters. The van der Waals surface area contributed by atoms with Crippen molar-refractivity contribution in [1.29, 1.82) is 0 Å². The van der Waals surface area contributed by atoms with Gasteiger partial charge in [-0.3, -0.25) is 9.59 Å². The summed E-state index contributed by atoms with van der Waals surface area (Å²) in [6.07, 6.45) is 0.369. The largest absolute Gasteiger partial charge is 0.456 e. The average Bonchev–Trinajstić information content (AvgIpc) is 3.12. The molecule has 7 nitrogen and oxygen atoms in total. The van der Waals surface area contributed by atoms with Gasteiger partial charge in [0.05, 0.1) is 11.3 Å². The van der Waals surface area contributed by atoms with Gasteiger partial charge >= 0.3 is 5.97 Å². The molecule has 20 heavy (non-hydrogen) atoms. The molecule has 0 fully saturated rings. The number of esters is 1. The Hall–Kier alpha value is -2.22. The predicted molar refractivity (Wildman–Crippen MR) is 71.0 cm³/mol. The van der Waals surface area contributed by atoms with Crippen LogP contribution in [0.1, 0.15) is 12.3 Å². The third-order valence-corrected chi connectivity index (χ3v) is 3.26. The monoisotopic (exact) mass is 295 g/mol. The van der Waals surface area contributed by atoms with E-state index in [1.807, 2.05) is 17.5 Å². The van der Waals surface area contributed by atoms with Crippen molar-refractivity contribution >= 4 is 23.2 Å². The van der Waals surface area contributed by atoms with Crippen LogP contribution in [0, 0.1) is 0 Å². The summed E-state index contributed by atoms with van der Waals surface area (Å²) in [6.45, 7) is -0.278. The van der Waals surface area contributed by atoms with Crippen molar-refractivity contribution in [3.05, 3.63) is 23.4 Å². The van der Waals surface area contributed by atoms with Gasteiger partial charge in [0.15, 0.2) is 6.61 Å². The summed E-state index contributed by atoms with van der Waals surface area (Å²) in [6, 6.07) is 3.78. The maximum absolute atomic E-state index is 11.4. The molecule has 0 saturated carbocycles. The maximum atomic E-state index is 11.4. The van der Waals surface area contributed by atoms with Gasteiger partial charge in [-0.1, -0.05) is 11.2 Å². The van der Waals surface area contributed by atoms with Gasteiger partial charge in [-0.2, -0.15) is 4.98 Å². The fraction of sp³-hybridized carbons (Fsp3) is 0.333. The summed E-state index contributed by atoms with van der Waals surface area (Å²) in [5, 5.41) is 8.11. The zero-order valence-electron chi connectivity index (χ0n) is 10.8. The van der Waals surface area contributed by atoms with Crippen LogP contribution in [-0.4, -0.2) is 35.7 Å². The van der Waals surface area contributed by atoms with E-state index in [0.29, 0.717) is 11.7 Å². The molecule has 0 aromatic carbocycles. The highest BCUT2D eigenvalue weighted by molar-refractivity contribution is 7.13. The van der Waals surface area contributed by atoms with E-state index in [2.05, 4.69) is 15.5 Å². The zero-order valence-corrected chi connectivity index (χ0v) is 11.6. The van der Waals surface area contributed by atoms with Gasteiger partial charge in [0.1, 0.15) is 0 Å². The van der Waals surface area contributed by atoms with E-state index in [1.54, 1.807) is 0 Å². The Balaban J connectivity index is 1.80. The summed E-state index contributed by atoms with van der Waals surface area (Å²) in [4.78, 5) is 27.4. The average molecular weight is 295 g/mol. The highest BCUT2D eigenvalue weighted by atomic mass is 32.1. The topological polar surface area (TPSA) is 94.3 Å². The lowest BCUT2D eigenvalue weighted by molar-refractivity contribution is -0.148. The second-order valence-corrected chi connectivity index (χ2v) is 4.77. The lowest BCUT2D eigenvalue weighted by atomic mass is 10.3. The highest BCUT2D eigenvalue weighted by Crippen LogP contribution is 2.21. The van der Waals surface area contributed by atoms with E-state index in [9.17, 15) is 9.59 Å². The number of ether oxygens (including phenoxy) is 1. The number of aryl methyl sites for hydroxylation is 1. The van der Waals surface area contributed by atoms with Crippen molar-refractivity contribution in [2.24, 2.45) is 0 Å². The van der Waals surface area contributed by atoms with Crippen molar-refractivity contribution in [2.45, 2.75) is 12.8 Å². The first kappa shape index (κ1) is 14.2. The number of thiophene rings is 1. The van der Waals surface area contributed by atoms with E-state index in [4.69, 9.17) is 9.26 Å². The number of hydrogen-bond acceptors (Lipinski definition) is 7. The van der Waals surface area contributed by atoms with Crippen LogP contribution in [0.3, 0.4) is 0 Å². The van der Waals surface area contributed by atoms with Crippen LogP contribution in [0.4, 0.5) is 0 Å². The van der Waals surface area contributed by atoms with E-state index in [1.165, 1.54) is 18.4 Å². The predicted octanol–water partition coefficient (Wildman–Crippen LogP) is 1.02. The lowest BCUT2D eigenvalue weighted by Gasteiger charge is -2.01. The van der Waals surface area contributed by atoms with Gasteiger partial charge < -0.3 is 14.6 Å². The molecule has 2 heterocycles. The van der Waals surface area contributed by atoms with Gasteiger partial charge in [-0.25, -0.2) is 0 Å². The minimum absolute atomic E-state index is 0.0864. The molecule has 8 heteroatoms. The standard InChI is InChI=1S/C12H13N3O4S/c1-13-9(16)7-18-11(17)5-4-10-14-12(15-19-10)8-3-2-6-20-8/h2-3,6H,4-5,7H2,1H3,(H,13,16). The number of amides is 1. The van der Waals surface area contributed by atoms with Crippen LogP contribution in [0.25, 0.3) is 10.7 Å². The van der Waals surface area contributed by atoms with Crippen molar-refractivity contribution in [1.82, 2.24) is 15.5 Å². The first-order chi connectivity index (χ1) is 9.69. The number of nitrogens with one attached hydrogen (secondary N) is 1. The minimum atomic E-state index is -0.482. The summed E-state index contributed by atoms with van der Waals surface area (Å²) in [7, 11) is 1.47. The normalized spacial score (nSPS) is 10.2. The number of hydrogen-bond donors (Lipinski definition) is 1. The van der Waals surface area contributed by atoms with Crippen molar-refractivity contribution in [3.8, 4) is 10.7 Å². The molecule has 2 aromatic rings. The Labute approximate surface area is 118 Å². The Morgan fingerprint density at radius 3 is 3.05 bits per heavy atom. The summed E-state index contributed by atoms with van der Waals surface area (Å²) >= 11 is 1.51. The Morgan fingerprint density at radius 1 is 1.50 bits per heavy atom. The third-order valence-electron chi connectivity index (χ3n) is 2.40. The molecule has 0 bridgehead atoms. The van der Waals surface area contributed by atoms with Gasteiger partial charge in [0.2, 0.25) is 11.7 Å². The second kappa shape index (κ2) is 6.80. The van der Waals surface area contributed by atoms with Crippen molar-refractivity contribution < 1.29 is 18.8 Å². The molecule has 0 aliphatic rings. The van der Waals surface area contributed by atoms with E-state index in [-0.39, 0.29) is 25.4 Å². The van der Waals surface area contributed by atoms with Crippen LogP contribution in [0.15, 0.2) is 22.0 Å². The molecular weight excluding hydrogens is 282 g/mol. The molecule has 0 atom stereocenters. The van der Waals surface area contributed by atoms with E-state index in [0.717, 1.165) is 4.88 Å². The number of rotatable bonds is 6. The molecule has 0 aliphatic carbocycles. The van der Waals surface area contributed by atoms with E-state index >= 15 is 0 Å². The minimum Gasteiger partial charge on any atom is -0.456 e. The molecule has 0 radical (unpaired) electrons. The number of likely N-dealkylation sites (N-methyl/N-ethyl adjacent to an activating group) is 1. The molecule has 2 rings (SSSR count). The first-order valence-electron chi connectivity index (χ1n) is 5.91. The number of carbonyl (C=O) groups excluding carboxylic acids is 2. The van der Waals surface area contributed by atoms with Crippen LogP contribution in [0.2, 0.25) is 0 Å². The van der Waals surface area contributed by atoms with Crippen LogP contribution in [0.5, 0.6) is 0 Å². The number of carbonyl (C=O) groups is 2. The molecular formula is C12H13N3O4S. The summed E-state index contributed by atoms with van der Waals surface area (Å²) < 4.78 is 9.80. The number of aromatic nitrogens is 2. The Morgan fingerprint density at radius 2 is 2.35 bits per heavy atom. The zero-order chi connectivity index (χ0) is 14.4. The van der Waals surface area contributed by atoms with Gasteiger partial charge in [-0.15, -0.1) is 11.3 Å². The number of nitrogens with zero attached hydrogens (tertiary/aromatic N) is 2. The molecule has 0 aliphatic heterocycles. The molecule has 0 saturated heterocycles. The van der Waals surface area contributed by atoms with Gasteiger partial charge in [0, 0.05) is 13.5 Å². The van der Waals surface area contributed by atoms with E-state index < -0.39 is 5.97 Å². The van der Waals surface area contributed by atoms with Crippen molar-refractivity contribution in [2.75, 3.05) is 13.7 Å². The molecule has 0 spiro atoms. The third kappa shape index (κ3) is 3.89. The SMILES string of the molecule is CNC(=O)COC(=O)CCc1nc(-c2cccs2)no1. The van der Waals surface area contributed by atoms with Crippen LogP contribution >= 0.6 is 11.3 Å². The maximum Gasteiger partial charge on any atom is 0.306 e. The van der Waals surface area contributed by atoms with Crippen molar-refractivity contribution in [3.63, 3.8) is 0 Å².